The number of fused-ring (bicyclic) bond motifs is 1. The molecule has 0 bridgehead atoms. The number of rotatable bonds is 2. The van der Waals surface area contributed by atoms with Crippen molar-refractivity contribution < 1.29 is 9.90 Å². The van der Waals surface area contributed by atoms with E-state index >= 15 is 0 Å². The number of hydrogen-bond acceptors (Lipinski definition) is 3. The summed E-state index contributed by atoms with van der Waals surface area (Å²) in [5.74, 6) is -0.607. The molecule has 0 spiro atoms. The maximum Gasteiger partial charge on any atom is 0.320 e. The Bertz CT molecular complexity index is 321. The first kappa shape index (κ1) is 12.4. The van der Waals surface area contributed by atoms with E-state index in [1.165, 1.54) is 45.2 Å². The van der Waals surface area contributed by atoms with Crippen LogP contribution in [0.3, 0.4) is 0 Å². The molecule has 3 saturated heterocycles. The molecule has 4 nitrogen and oxygen atoms in total. The van der Waals surface area contributed by atoms with Crippen LogP contribution in [0.5, 0.6) is 0 Å². The van der Waals surface area contributed by atoms with Gasteiger partial charge in [-0.1, -0.05) is 12.8 Å². The molecular formula is C14H24N2O2. The molecule has 0 saturated carbocycles. The van der Waals surface area contributed by atoms with Gasteiger partial charge in [0.25, 0.3) is 0 Å². The normalized spacial score (nSPS) is 38.6. The molecule has 3 heterocycles. The van der Waals surface area contributed by atoms with Crippen molar-refractivity contribution in [3.8, 4) is 0 Å². The summed E-state index contributed by atoms with van der Waals surface area (Å²) in [6.45, 7) is 3.40. The zero-order chi connectivity index (χ0) is 12.5. The van der Waals surface area contributed by atoms with Crippen molar-refractivity contribution in [3.63, 3.8) is 0 Å². The number of hydrogen-bond donors (Lipinski definition) is 1. The lowest BCUT2D eigenvalue weighted by molar-refractivity contribution is -0.146. The van der Waals surface area contributed by atoms with Crippen molar-refractivity contribution in [1.82, 2.24) is 9.80 Å². The van der Waals surface area contributed by atoms with Gasteiger partial charge >= 0.3 is 5.97 Å². The van der Waals surface area contributed by atoms with Gasteiger partial charge in [0.05, 0.1) is 0 Å². The second-order valence-electron chi connectivity index (χ2n) is 6.04. The van der Waals surface area contributed by atoms with Crippen LogP contribution in [0, 0.1) is 0 Å². The number of nitrogens with zero attached hydrogens (tertiary/aromatic N) is 2. The van der Waals surface area contributed by atoms with Gasteiger partial charge in [0.2, 0.25) is 0 Å². The fourth-order valence-corrected chi connectivity index (χ4v) is 4.22. The van der Waals surface area contributed by atoms with Crippen molar-refractivity contribution in [1.29, 1.82) is 0 Å². The minimum absolute atomic E-state index is 0.217. The van der Waals surface area contributed by atoms with E-state index in [4.69, 9.17) is 0 Å². The Morgan fingerprint density at radius 2 is 1.67 bits per heavy atom. The summed E-state index contributed by atoms with van der Waals surface area (Å²) in [6.07, 6.45) is 8.19. The van der Waals surface area contributed by atoms with E-state index in [1.807, 2.05) is 0 Å². The number of likely N-dealkylation sites (tertiary alicyclic amines) is 1. The zero-order valence-corrected chi connectivity index (χ0v) is 11.1. The van der Waals surface area contributed by atoms with Gasteiger partial charge in [-0.3, -0.25) is 14.6 Å². The monoisotopic (exact) mass is 252 g/mol. The third-order valence-electron chi connectivity index (χ3n) is 5.08. The van der Waals surface area contributed by atoms with Crippen LogP contribution in [-0.4, -0.2) is 58.6 Å². The van der Waals surface area contributed by atoms with E-state index in [1.54, 1.807) is 0 Å². The van der Waals surface area contributed by atoms with Gasteiger partial charge in [0.15, 0.2) is 0 Å². The molecule has 1 N–H and O–H groups in total. The zero-order valence-electron chi connectivity index (χ0n) is 11.1. The first-order chi connectivity index (χ1) is 8.77. The fraction of sp³-hybridized carbons (Fsp3) is 0.929. The number of carboxylic acid groups (broad SMARTS) is 1. The second kappa shape index (κ2) is 5.17. The number of carboxylic acids is 1. The Balaban J connectivity index is 1.74. The van der Waals surface area contributed by atoms with Crippen LogP contribution in [0.15, 0.2) is 0 Å². The van der Waals surface area contributed by atoms with E-state index in [0.717, 1.165) is 19.4 Å². The topological polar surface area (TPSA) is 43.8 Å². The lowest BCUT2D eigenvalue weighted by Gasteiger charge is -2.42. The number of aliphatic carboxylic acids is 1. The Morgan fingerprint density at radius 1 is 0.889 bits per heavy atom. The minimum Gasteiger partial charge on any atom is -0.480 e. The van der Waals surface area contributed by atoms with Crippen molar-refractivity contribution in [3.05, 3.63) is 0 Å². The van der Waals surface area contributed by atoms with Crippen molar-refractivity contribution in [2.75, 3.05) is 19.6 Å². The molecule has 3 aliphatic heterocycles. The summed E-state index contributed by atoms with van der Waals surface area (Å²) in [6, 6.07) is 0.927. The largest absolute Gasteiger partial charge is 0.480 e. The number of piperidine rings is 2. The quantitative estimate of drug-likeness (QED) is 0.810. The van der Waals surface area contributed by atoms with Crippen molar-refractivity contribution in [2.45, 2.75) is 63.1 Å². The van der Waals surface area contributed by atoms with E-state index in [-0.39, 0.29) is 6.04 Å². The van der Waals surface area contributed by atoms with Gasteiger partial charge in [-0.15, -0.1) is 0 Å². The average Bonchev–Trinajstić information content (AvgIpc) is 2.82. The molecule has 3 aliphatic rings. The SMILES string of the molecule is O=C(O)C1CCCCN1C1CCN2CCCCC12. The summed E-state index contributed by atoms with van der Waals surface area (Å²) < 4.78 is 0. The van der Waals surface area contributed by atoms with E-state index in [2.05, 4.69) is 9.80 Å². The summed E-state index contributed by atoms with van der Waals surface area (Å²) >= 11 is 0. The maximum absolute atomic E-state index is 11.4. The van der Waals surface area contributed by atoms with E-state index < -0.39 is 5.97 Å². The smallest absolute Gasteiger partial charge is 0.320 e. The Hall–Kier alpha value is -0.610. The highest BCUT2D eigenvalue weighted by Gasteiger charge is 2.43. The molecule has 3 atom stereocenters. The van der Waals surface area contributed by atoms with Crippen molar-refractivity contribution in [2.24, 2.45) is 0 Å². The summed E-state index contributed by atoms with van der Waals surface area (Å²) in [5.41, 5.74) is 0. The third kappa shape index (κ3) is 2.16. The molecule has 3 fully saturated rings. The van der Waals surface area contributed by atoms with Gasteiger partial charge < -0.3 is 5.11 Å². The third-order valence-corrected chi connectivity index (χ3v) is 5.08. The Kier molecular flexibility index (Phi) is 3.57. The number of carbonyl (C=O) groups is 1. The molecule has 0 amide bonds. The summed E-state index contributed by atoms with van der Waals surface area (Å²) in [4.78, 5) is 16.3. The van der Waals surface area contributed by atoms with Gasteiger partial charge in [-0.2, -0.15) is 0 Å². The summed E-state index contributed by atoms with van der Waals surface area (Å²) in [7, 11) is 0. The van der Waals surface area contributed by atoms with Gasteiger partial charge in [0, 0.05) is 18.6 Å². The molecule has 0 aromatic rings. The molecule has 3 rings (SSSR count). The minimum atomic E-state index is -0.607. The van der Waals surface area contributed by atoms with Crippen LogP contribution in [0.2, 0.25) is 0 Å². The van der Waals surface area contributed by atoms with Crippen LogP contribution >= 0.6 is 0 Å². The van der Waals surface area contributed by atoms with Crippen molar-refractivity contribution >= 4 is 5.97 Å². The predicted molar refractivity (Wildman–Crippen MR) is 69.6 cm³/mol. The van der Waals surface area contributed by atoms with Crippen LogP contribution in [0.4, 0.5) is 0 Å². The van der Waals surface area contributed by atoms with Crippen LogP contribution in [0.25, 0.3) is 0 Å². The highest BCUT2D eigenvalue weighted by molar-refractivity contribution is 5.73. The van der Waals surface area contributed by atoms with Gasteiger partial charge in [0.1, 0.15) is 6.04 Å². The van der Waals surface area contributed by atoms with Crippen LogP contribution < -0.4 is 0 Å². The second-order valence-corrected chi connectivity index (χ2v) is 6.04. The first-order valence-corrected chi connectivity index (χ1v) is 7.50. The molecule has 0 aromatic heterocycles. The molecule has 3 unspecified atom stereocenters. The lowest BCUT2D eigenvalue weighted by atomic mass is 9.93. The Labute approximate surface area is 109 Å². The Morgan fingerprint density at radius 3 is 2.50 bits per heavy atom. The summed E-state index contributed by atoms with van der Waals surface area (Å²) in [5, 5.41) is 9.41. The molecular weight excluding hydrogens is 228 g/mol. The standard InChI is InChI=1S/C14H24N2O2/c17-14(18)13-6-2-4-9-16(13)12-7-10-15-8-3-1-5-11(12)15/h11-13H,1-10H2,(H,17,18). The maximum atomic E-state index is 11.4. The molecule has 0 aliphatic carbocycles. The molecule has 102 valence electrons. The van der Waals surface area contributed by atoms with Gasteiger partial charge in [-0.05, 0) is 45.2 Å². The lowest BCUT2D eigenvalue weighted by Crippen LogP contribution is -2.54. The highest BCUT2D eigenvalue weighted by atomic mass is 16.4. The van der Waals surface area contributed by atoms with Crippen LogP contribution in [0.1, 0.15) is 44.9 Å². The predicted octanol–water partition coefficient (Wildman–Crippen LogP) is 1.55. The average molecular weight is 252 g/mol. The first-order valence-electron chi connectivity index (χ1n) is 7.50. The fourth-order valence-electron chi connectivity index (χ4n) is 4.22. The molecule has 18 heavy (non-hydrogen) atoms. The van der Waals surface area contributed by atoms with E-state index in [9.17, 15) is 9.90 Å². The molecule has 4 heteroatoms. The van der Waals surface area contributed by atoms with E-state index in [0.29, 0.717) is 12.1 Å². The van der Waals surface area contributed by atoms with Crippen LogP contribution in [-0.2, 0) is 4.79 Å². The van der Waals surface area contributed by atoms with Gasteiger partial charge in [-0.25, -0.2) is 0 Å². The molecule has 0 radical (unpaired) electrons. The highest BCUT2D eigenvalue weighted by Crippen LogP contribution is 2.33. The molecule has 0 aromatic carbocycles.